The lowest BCUT2D eigenvalue weighted by Crippen LogP contribution is -2.46. The second kappa shape index (κ2) is 5.92. The molecule has 122 valence electrons. The fraction of sp³-hybridized carbons (Fsp3) is 0.471. The van der Waals surface area contributed by atoms with Crippen LogP contribution in [0.2, 0.25) is 0 Å². The summed E-state index contributed by atoms with van der Waals surface area (Å²) in [4.78, 5) is 4.32. The van der Waals surface area contributed by atoms with Crippen molar-refractivity contribution in [2.75, 3.05) is 31.1 Å². The zero-order chi connectivity index (χ0) is 15.8. The zero-order valence-electron chi connectivity index (χ0n) is 12.9. The number of H-pyrrole nitrogens is 1. The summed E-state index contributed by atoms with van der Waals surface area (Å²) < 4.78 is 27.5. The Kier molecular flexibility index (Phi) is 3.77. The summed E-state index contributed by atoms with van der Waals surface area (Å²) in [5.74, 6) is 0.729. The molecule has 1 aliphatic heterocycles. The third-order valence-electron chi connectivity index (χ3n) is 4.74. The first kappa shape index (κ1) is 14.6. The molecule has 0 unspecified atom stereocenters. The number of hydrogen-bond donors (Lipinski definition) is 1. The lowest BCUT2D eigenvalue weighted by molar-refractivity contribution is 0.242. The van der Waals surface area contributed by atoms with Gasteiger partial charge >= 0.3 is 0 Å². The second-order valence-corrected chi connectivity index (χ2v) is 6.42. The Bertz CT molecular complexity index is 667. The number of nitrogens with zero attached hydrogens (tertiary/aromatic N) is 3. The highest BCUT2D eigenvalue weighted by atomic mass is 19.1. The highest BCUT2D eigenvalue weighted by molar-refractivity contribution is 5.41. The first-order chi connectivity index (χ1) is 11.2. The van der Waals surface area contributed by atoms with Gasteiger partial charge in [-0.3, -0.25) is 10.00 Å². The third kappa shape index (κ3) is 3.08. The number of aromatic amines is 1. The Labute approximate surface area is 134 Å². The van der Waals surface area contributed by atoms with Crippen LogP contribution in [0.3, 0.4) is 0 Å². The summed E-state index contributed by atoms with van der Waals surface area (Å²) in [6, 6.07) is 6.18. The monoisotopic (exact) mass is 318 g/mol. The summed E-state index contributed by atoms with van der Waals surface area (Å²) >= 11 is 0. The van der Waals surface area contributed by atoms with Crippen molar-refractivity contribution in [1.29, 1.82) is 0 Å². The molecule has 2 heterocycles. The van der Waals surface area contributed by atoms with Crippen molar-refractivity contribution in [3.63, 3.8) is 0 Å². The molecule has 6 heteroatoms. The summed E-state index contributed by atoms with van der Waals surface area (Å²) in [7, 11) is 0. The van der Waals surface area contributed by atoms with Crippen LogP contribution in [-0.2, 0) is 6.54 Å². The van der Waals surface area contributed by atoms with Gasteiger partial charge in [-0.25, -0.2) is 8.78 Å². The van der Waals surface area contributed by atoms with Crippen LogP contribution >= 0.6 is 0 Å². The summed E-state index contributed by atoms with van der Waals surface area (Å²) in [5.41, 5.74) is 1.40. The number of nitrogens with one attached hydrogen (secondary N) is 1. The van der Waals surface area contributed by atoms with Crippen LogP contribution in [0, 0.1) is 11.6 Å². The van der Waals surface area contributed by atoms with E-state index in [2.05, 4.69) is 26.1 Å². The Hall–Kier alpha value is -1.95. The van der Waals surface area contributed by atoms with Gasteiger partial charge < -0.3 is 4.90 Å². The number of benzene rings is 1. The van der Waals surface area contributed by atoms with E-state index in [4.69, 9.17) is 0 Å². The predicted molar refractivity (Wildman–Crippen MR) is 84.4 cm³/mol. The molecule has 0 spiro atoms. The van der Waals surface area contributed by atoms with E-state index >= 15 is 0 Å². The molecular formula is C17H20F2N4. The fourth-order valence-corrected chi connectivity index (χ4v) is 3.13. The van der Waals surface area contributed by atoms with Crippen LogP contribution in [0.1, 0.15) is 30.0 Å². The van der Waals surface area contributed by atoms with Crippen LogP contribution in [0.15, 0.2) is 24.3 Å². The predicted octanol–water partition coefficient (Wildman–Crippen LogP) is 2.89. The van der Waals surface area contributed by atoms with E-state index in [0.717, 1.165) is 32.0 Å². The average Bonchev–Trinajstić information content (AvgIpc) is 3.29. The molecular weight excluding hydrogens is 298 g/mol. The van der Waals surface area contributed by atoms with Crippen molar-refractivity contribution in [2.45, 2.75) is 25.3 Å². The first-order valence-electron chi connectivity index (χ1n) is 8.16. The highest BCUT2D eigenvalue weighted by Gasteiger charge is 2.27. The van der Waals surface area contributed by atoms with E-state index in [9.17, 15) is 8.78 Å². The summed E-state index contributed by atoms with van der Waals surface area (Å²) in [6.07, 6.45) is 2.51. The fourth-order valence-electron chi connectivity index (χ4n) is 3.13. The van der Waals surface area contributed by atoms with Gasteiger partial charge in [0.2, 0.25) is 0 Å². The molecule has 23 heavy (non-hydrogen) atoms. The molecule has 0 amide bonds. The molecule has 0 atom stereocenters. The van der Waals surface area contributed by atoms with Gasteiger partial charge in [-0.05, 0) is 25.0 Å². The van der Waals surface area contributed by atoms with E-state index in [1.54, 1.807) is 0 Å². The van der Waals surface area contributed by atoms with Crippen molar-refractivity contribution in [1.82, 2.24) is 15.1 Å². The molecule has 2 aromatic rings. The lowest BCUT2D eigenvalue weighted by atomic mass is 10.1. The van der Waals surface area contributed by atoms with E-state index in [1.807, 2.05) is 0 Å². The molecule has 1 aliphatic carbocycles. The van der Waals surface area contributed by atoms with Crippen LogP contribution in [0.5, 0.6) is 0 Å². The molecule has 0 radical (unpaired) electrons. The maximum absolute atomic E-state index is 13.7. The van der Waals surface area contributed by atoms with Crippen LogP contribution < -0.4 is 4.90 Å². The minimum atomic E-state index is -0.464. The van der Waals surface area contributed by atoms with Crippen LogP contribution in [0.25, 0.3) is 0 Å². The highest BCUT2D eigenvalue weighted by Crippen LogP contribution is 2.39. The Morgan fingerprint density at radius 3 is 2.43 bits per heavy atom. The number of aromatic nitrogens is 2. The summed E-state index contributed by atoms with van der Waals surface area (Å²) in [5, 5.41) is 7.53. The molecule has 4 nitrogen and oxygen atoms in total. The largest absolute Gasteiger partial charge is 0.353 e. The zero-order valence-corrected chi connectivity index (χ0v) is 12.9. The van der Waals surface area contributed by atoms with E-state index in [-0.39, 0.29) is 5.56 Å². The molecule has 1 saturated carbocycles. The molecule has 2 aliphatic rings. The van der Waals surface area contributed by atoms with Crippen LogP contribution in [-0.4, -0.2) is 41.3 Å². The van der Waals surface area contributed by atoms with Gasteiger partial charge in [-0.2, -0.15) is 5.10 Å². The molecule has 2 fully saturated rings. The molecule has 1 aromatic carbocycles. The normalized spacial score (nSPS) is 19.3. The average molecular weight is 318 g/mol. The standard InChI is InChI=1S/C17H20F2N4/c18-14-2-1-3-15(19)13(14)11-22-6-8-23(9-7-22)17-10-16(20-21-17)12-4-5-12/h1-3,10,12H,4-9,11H2,(H,20,21). The van der Waals surface area contributed by atoms with Crippen molar-refractivity contribution >= 4 is 5.82 Å². The Balaban J connectivity index is 1.37. The van der Waals surface area contributed by atoms with E-state index < -0.39 is 11.6 Å². The summed E-state index contributed by atoms with van der Waals surface area (Å²) in [6.45, 7) is 3.52. The number of rotatable bonds is 4. The Morgan fingerprint density at radius 1 is 1.09 bits per heavy atom. The van der Waals surface area contributed by atoms with Gasteiger partial charge in [0.1, 0.15) is 11.6 Å². The maximum atomic E-state index is 13.7. The molecule has 1 aromatic heterocycles. The van der Waals surface area contributed by atoms with Gasteiger partial charge in [-0.15, -0.1) is 0 Å². The van der Waals surface area contributed by atoms with Crippen molar-refractivity contribution in [3.05, 3.63) is 47.2 Å². The number of piperazine rings is 1. The van der Waals surface area contributed by atoms with Crippen molar-refractivity contribution < 1.29 is 8.78 Å². The van der Waals surface area contributed by atoms with Gasteiger partial charge in [-0.1, -0.05) is 6.07 Å². The van der Waals surface area contributed by atoms with E-state index in [0.29, 0.717) is 12.5 Å². The van der Waals surface area contributed by atoms with Gasteiger partial charge in [0.15, 0.2) is 5.82 Å². The number of halogens is 2. The Morgan fingerprint density at radius 2 is 1.78 bits per heavy atom. The first-order valence-corrected chi connectivity index (χ1v) is 8.16. The van der Waals surface area contributed by atoms with Crippen molar-refractivity contribution in [2.24, 2.45) is 0 Å². The maximum Gasteiger partial charge on any atom is 0.150 e. The molecule has 1 N–H and O–H groups in total. The topological polar surface area (TPSA) is 35.2 Å². The van der Waals surface area contributed by atoms with Gasteiger partial charge in [0.05, 0.1) is 0 Å². The number of hydrogen-bond acceptors (Lipinski definition) is 3. The lowest BCUT2D eigenvalue weighted by Gasteiger charge is -2.34. The van der Waals surface area contributed by atoms with Gasteiger partial charge in [0, 0.05) is 56.0 Å². The minimum absolute atomic E-state index is 0.164. The SMILES string of the molecule is Fc1cccc(F)c1CN1CCN(c2cc(C3CC3)[nH]n2)CC1. The minimum Gasteiger partial charge on any atom is -0.353 e. The molecule has 0 bridgehead atoms. The third-order valence-corrected chi connectivity index (χ3v) is 4.74. The quantitative estimate of drug-likeness (QED) is 0.941. The molecule has 4 rings (SSSR count). The number of anilines is 1. The van der Waals surface area contributed by atoms with E-state index in [1.165, 1.54) is 36.7 Å². The molecule has 1 saturated heterocycles. The van der Waals surface area contributed by atoms with Crippen LogP contribution in [0.4, 0.5) is 14.6 Å². The smallest absolute Gasteiger partial charge is 0.150 e. The van der Waals surface area contributed by atoms with Gasteiger partial charge in [0.25, 0.3) is 0 Å². The van der Waals surface area contributed by atoms with Crippen molar-refractivity contribution in [3.8, 4) is 0 Å². The second-order valence-electron chi connectivity index (χ2n) is 6.42.